The minimum atomic E-state index is -0.563. The molecule has 0 fully saturated rings. The molecule has 0 saturated carbocycles. The Kier molecular flexibility index (Phi) is 7.35. The Morgan fingerprint density at radius 2 is 0.673 bits per heavy atom. The summed E-state index contributed by atoms with van der Waals surface area (Å²) in [4.78, 5) is 0. The third-order valence-corrected chi connectivity index (χ3v) is 13.6. The van der Waals surface area contributed by atoms with Gasteiger partial charge in [-0.15, -0.1) is 0 Å². The number of hydrogen-bond acceptors (Lipinski definition) is 0. The zero-order valence-corrected chi connectivity index (χ0v) is 31.2. The van der Waals surface area contributed by atoms with Crippen molar-refractivity contribution in [2.24, 2.45) is 0 Å². The van der Waals surface area contributed by atoms with E-state index in [0.717, 1.165) is 32.7 Å². The summed E-state index contributed by atoms with van der Waals surface area (Å²) in [7, 11) is 0. The Hall–Kier alpha value is -6.38. The zero-order chi connectivity index (χ0) is 36.6. The first-order valence-electron chi connectivity index (χ1n) is 18.5. The van der Waals surface area contributed by atoms with E-state index in [2.05, 4.69) is 127 Å². The van der Waals surface area contributed by atoms with E-state index in [0.29, 0.717) is 5.56 Å². The van der Waals surface area contributed by atoms with Crippen molar-refractivity contribution in [3.63, 3.8) is 0 Å². The van der Waals surface area contributed by atoms with Crippen LogP contribution in [0, 0.1) is 11.6 Å². The summed E-state index contributed by atoms with van der Waals surface area (Å²) in [6.45, 7) is 0. The molecule has 3 heteroatoms. The summed E-state index contributed by atoms with van der Waals surface area (Å²) in [6.07, 6.45) is 0. The van der Waals surface area contributed by atoms with Gasteiger partial charge in [-0.3, -0.25) is 0 Å². The van der Waals surface area contributed by atoms with Crippen LogP contribution in [0.5, 0.6) is 0 Å². The second-order valence-corrected chi connectivity index (χ2v) is 16.4. The molecule has 1 heterocycles. The van der Waals surface area contributed by atoms with Crippen LogP contribution in [0.3, 0.4) is 0 Å². The molecule has 0 aliphatic carbocycles. The summed E-state index contributed by atoms with van der Waals surface area (Å²) in [5.74, 6) is -1.13. The van der Waals surface area contributed by atoms with Gasteiger partial charge in [-0.25, -0.2) is 0 Å². The van der Waals surface area contributed by atoms with Crippen molar-refractivity contribution in [3.8, 4) is 44.5 Å². The molecule has 0 atom stereocenters. The van der Waals surface area contributed by atoms with Crippen LogP contribution < -0.4 is 0 Å². The monoisotopic (exact) mass is 772 g/mol. The quantitative estimate of drug-likeness (QED) is 0.123. The fourth-order valence-electron chi connectivity index (χ4n) is 8.89. The molecule has 0 unspecified atom stereocenters. The minimum absolute atomic E-state index is 0.0121. The van der Waals surface area contributed by atoms with Crippen LogP contribution >= 0.6 is 0 Å². The number of hydrogen-bond donors (Lipinski definition) is 0. The zero-order valence-electron chi connectivity index (χ0n) is 29.5. The third kappa shape index (κ3) is 4.94. The average molecular weight is 772 g/mol. The molecule has 0 nitrogen and oxygen atoms in total. The molecule has 0 radical (unpaired) electrons. The van der Waals surface area contributed by atoms with Gasteiger partial charge in [0, 0.05) is 0 Å². The molecule has 11 aromatic rings. The van der Waals surface area contributed by atoms with Gasteiger partial charge in [0.15, 0.2) is 0 Å². The Bertz CT molecular complexity index is 3210. The van der Waals surface area contributed by atoms with Crippen molar-refractivity contribution in [1.82, 2.24) is 0 Å². The van der Waals surface area contributed by atoms with E-state index < -0.39 is 11.6 Å². The normalized spacial score (nSPS) is 11.8. The molecule has 0 aliphatic rings. The van der Waals surface area contributed by atoms with E-state index in [1.54, 1.807) is 0 Å². The summed E-state index contributed by atoms with van der Waals surface area (Å²) in [5.41, 5.74) is 7.76. The molecule has 55 heavy (non-hydrogen) atoms. The first-order chi connectivity index (χ1) is 27.1. The number of fused-ring (bicyclic) bond motifs is 7. The Balaban J connectivity index is 1.13. The van der Waals surface area contributed by atoms with Gasteiger partial charge < -0.3 is 0 Å². The maximum atomic E-state index is 15.4. The van der Waals surface area contributed by atoms with Crippen LogP contribution in [0.25, 0.3) is 107 Å². The molecular formula is C52H30F2Se. The maximum absolute atomic E-state index is 15.4. The molecule has 258 valence electrons. The second kappa shape index (κ2) is 12.6. The van der Waals surface area contributed by atoms with Crippen molar-refractivity contribution < 1.29 is 8.78 Å². The van der Waals surface area contributed by atoms with Crippen LogP contribution in [0.2, 0.25) is 0 Å². The fourth-order valence-corrected chi connectivity index (χ4v) is 11.3. The van der Waals surface area contributed by atoms with Crippen molar-refractivity contribution in [2.75, 3.05) is 0 Å². The van der Waals surface area contributed by atoms with E-state index >= 15 is 8.78 Å². The van der Waals surface area contributed by atoms with Gasteiger partial charge in [0.05, 0.1) is 0 Å². The molecule has 0 aliphatic heterocycles. The van der Waals surface area contributed by atoms with Crippen LogP contribution in [-0.2, 0) is 0 Å². The molecule has 0 amide bonds. The predicted molar refractivity (Wildman–Crippen MR) is 230 cm³/mol. The first-order valence-corrected chi connectivity index (χ1v) is 20.2. The Morgan fingerprint density at radius 1 is 0.255 bits per heavy atom. The number of rotatable bonds is 4. The van der Waals surface area contributed by atoms with E-state index in [1.807, 2.05) is 36.4 Å². The molecular weight excluding hydrogens is 742 g/mol. The topological polar surface area (TPSA) is 0 Å². The Labute approximate surface area is 322 Å². The standard InChI is InChI=1S/C52H30F2Se/c53-44-23-12-24-45(54)52(44)51-41-21-10-8-19-39(41)49(40-20-9-11-22-42(40)51)32-26-28-46-43(29-32)34-27-25-33(30-47(34)55-46)50-37-17-6-4-15-35(37)48(31-13-2-1-3-14-31)36-16-5-7-18-38(36)50/h1-30H. The number of benzene rings is 10. The van der Waals surface area contributed by atoms with Crippen LogP contribution in [-0.4, -0.2) is 14.5 Å². The van der Waals surface area contributed by atoms with Crippen molar-refractivity contribution >= 4 is 76.9 Å². The van der Waals surface area contributed by atoms with Gasteiger partial charge >= 0.3 is 324 Å². The summed E-state index contributed by atoms with van der Waals surface area (Å²) < 4.78 is 33.6. The fraction of sp³-hybridized carbons (Fsp3) is 0. The Morgan fingerprint density at radius 3 is 1.18 bits per heavy atom. The summed E-state index contributed by atoms with van der Waals surface area (Å²) >= 11 is 0.130. The van der Waals surface area contributed by atoms with Crippen molar-refractivity contribution in [2.45, 2.75) is 0 Å². The molecule has 0 bridgehead atoms. The molecule has 0 saturated heterocycles. The molecule has 10 aromatic carbocycles. The van der Waals surface area contributed by atoms with E-state index in [9.17, 15) is 0 Å². The van der Waals surface area contributed by atoms with Crippen LogP contribution in [0.1, 0.15) is 0 Å². The summed E-state index contributed by atoms with van der Waals surface area (Å²) in [5, 5.41) is 11.1. The van der Waals surface area contributed by atoms with Gasteiger partial charge in [-0.1, -0.05) is 0 Å². The van der Waals surface area contributed by atoms with E-state index in [1.165, 1.54) is 81.3 Å². The molecule has 11 rings (SSSR count). The summed E-state index contributed by atoms with van der Waals surface area (Å²) in [6, 6.07) is 62.4. The van der Waals surface area contributed by atoms with Crippen LogP contribution in [0.4, 0.5) is 8.78 Å². The van der Waals surface area contributed by atoms with Crippen LogP contribution in [0.15, 0.2) is 182 Å². The predicted octanol–water partition coefficient (Wildman–Crippen LogP) is 14.6. The SMILES string of the molecule is Fc1cccc(F)c1-c1c2ccccc2c(-c2ccc3[se]c4cc(-c5c6ccccc6c(-c6ccccc6)c6ccccc56)ccc4c3c2)c2ccccc12. The van der Waals surface area contributed by atoms with Crippen molar-refractivity contribution in [3.05, 3.63) is 194 Å². The number of halogens is 2. The molecule has 0 spiro atoms. The van der Waals surface area contributed by atoms with Gasteiger partial charge in [0.1, 0.15) is 0 Å². The second-order valence-electron chi connectivity index (χ2n) is 14.2. The average Bonchev–Trinajstić information content (AvgIpc) is 3.60. The van der Waals surface area contributed by atoms with Gasteiger partial charge in [-0.2, -0.15) is 0 Å². The van der Waals surface area contributed by atoms with Gasteiger partial charge in [-0.05, 0) is 0 Å². The van der Waals surface area contributed by atoms with Gasteiger partial charge in [0.25, 0.3) is 0 Å². The third-order valence-electron chi connectivity index (χ3n) is 11.2. The van der Waals surface area contributed by atoms with E-state index in [-0.39, 0.29) is 20.1 Å². The molecule has 0 N–H and O–H groups in total. The van der Waals surface area contributed by atoms with Gasteiger partial charge in [0.2, 0.25) is 0 Å². The van der Waals surface area contributed by atoms with E-state index in [4.69, 9.17) is 0 Å². The molecule has 1 aromatic heterocycles. The first kappa shape index (κ1) is 32.1. The van der Waals surface area contributed by atoms with Crippen molar-refractivity contribution in [1.29, 1.82) is 0 Å².